The molecule has 0 unspecified atom stereocenters. The molecule has 4 nitrogen and oxygen atoms in total. The highest BCUT2D eigenvalue weighted by atomic mass is 16.5. The van der Waals surface area contributed by atoms with Gasteiger partial charge in [-0.05, 0) is 6.92 Å². The largest absolute Gasteiger partial charge is 0.474 e. The number of aromatic nitrogens is 2. The first-order valence-electron chi connectivity index (χ1n) is 5.59. The van der Waals surface area contributed by atoms with Crippen molar-refractivity contribution in [2.45, 2.75) is 19.4 Å². The molecule has 0 radical (unpaired) electrons. The SMILES string of the molecule is C[C@H]1Cc2c(nc(-c3ccccc3)[nH]c2=O)O1. The van der Waals surface area contributed by atoms with Gasteiger partial charge >= 0.3 is 0 Å². The van der Waals surface area contributed by atoms with Crippen LogP contribution in [0.5, 0.6) is 5.88 Å². The van der Waals surface area contributed by atoms with Gasteiger partial charge in [0.25, 0.3) is 5.56 Å². The van der Waals surface area contributed by atoms with E-state index in [0.717, 1.165) is 5.56 Å². The van der Waals surface area contributed by atoms with Gasteiger partial charge in [0.05, 0.1) is 5.56 Å². The Balaban J connectivity index is 2.14. The molecule has 2 heterocycles. The molecule has 0 bridgehead atoms. The smallest absolute Gasteiger partial charge is 0.258 e. The number of nitrogens with one attached hydrogen (secondary N) is 1. The molecule has 4 heteroatoms. The van der Waals surface area contributed by atoms with Crippen molar-refractivity contribution < 1.29 is 4.74 Å². The molecule has 0 saturated heterocycles. The number of hydrogen-bond donors (Lipinski definition) is 1. The Morgan fingerprint density at radius 2 is 2.12 bits per heavy atom. The molecule has 1 atom stereocenters. The Morgan fingerprint density at radius 3 is 2.88 bits per heavy atom. The first-order chi connectivity index (χ1) is 8.24. The van der Waals surface area contributed by atoms with E-state index in [9.17, 15) is 4.79 Å². The van der Waals surface area contributed by atoms with Crippen LogP contribution in [-0.4, -0.2) is 16.1 Å². The van der Waals surface area contributed by atoms with Crippen LogP contribution in [0.15, 0.2) is 35.1 Å². The molecule has 17 heavy (non-hydrogen) atoms. The molecule has 3 rings (SSSR count). The van der Waals surface area contributed by atoms with Crippen molar-refractivity contribution in [3.8, 4) is 17.3 Å². The van der Waals surface area contributed by atoms with Crippen LogP contribution >= 0.6 is 0 Å². The first-order valence-corrected chi connectivity index (χ1v) is 5.59. The Bertz CT molecular complexity index is 605. The van der Waals surface area contributed by atoms with Crippen LogP contribution < -0.4 is 10.3 Å². The summed E-state index contributed by atoms with van der Waals surface area (Å²) in [7, 11) is 0. The van der Waals surface area contributed by atoms with Gasteiger partial charge < -0.3 is 9.72 Å². The molecule has 1 aliphatic rings. The Kier molecular flexibility index (Phi) is 2.21. The molecular formula is C13H12N2O2. The first kappa shape index (κ1) is 10.1. The van der Waals surface area contributed by atoms with Gasteiger partial charge in [-0.25, -0.2) is 0 Å². The lowest BCUT2D eigenvalue weighted by molar-refractivity contribution is 0.246. The van der Waals surface area contributed by atoms with E-state index < -0.39 is 0 Å². The topological polar surface area (TPSA) is 55.0 Å². The Morgan fingerprint density at radius 1 is 1.35 bits per heavy atom. The van der Waals surface area contributed by atoms with Gasteiger partial charge in [0.2, 0.25) is 5.88 Å². The standard InChI is InChI=1S/C13H12N2O2/c1-8-7-10-12(16)14-11(15-13(10)17-8)9-5-3-2-4-6-9/h2-6,8H,7H2,1H3,(H,14,15,16)/t8-/m0/s1. The molecular weight excluding hydrogens is 216 g/mol. The molecule has 2 aromatic rings. The highest BCUT2D eigenvalue weighted by Crippen LogP contribution is 2.25. The molecule has 0 saturated carbocycles. The second-order valence-corrected chi connectivity index (χ2v) is 4.20. The minimum atomic E-state index is -0.0989. The summed E-state index contributed by atoms with van der Waals surface area (Å²) in [5.74, 6) is 1.03. The summed E-state index contributed by atoms with van der Waals surface area (Å²) in [5.41, 5.74) is 1.44. The third-order valence-corrected chi connectivity index (χ3v) is 2.83. The molecule has 1 aromatic carbocycles. The van der Waals surface area contributed by atoms with Crippen molar-refractivity contribution in [2.75, 3.05) is 0 Å². The van der Waals surface area contributed by atoms with Crippen LogP contribution in [-0.2, 0) is 6.42 Å². The number of ether oxygens (including phenoxy) is 1. The normalized spacial score (nSPS) is 17.6. The highest BCUT2D eigenvalue weighted by molar-refractivity contribution is 5.55. The highest BCUT2D eigenvalue weighted by Gasteiger charge is 2.24. The molecule has 1 aromatic heterocycles. The van der Waals surface area contributed by atoms with Crippen molar-refractivity contribution in [1.82, 2.24) is 9.97 Å². The number of rotatable bonds is 1. The van der Waals surface area contributed by atoms with Gasteiger partial charge in [0, 0.05) is 12.0 Å². The Hall–Kier alpha value is -2.10. The summed E-state index contributed by atoms with van der Waals surface area (Å²) in [4.78, 5) is 19.0. The van der Waals surface area contributed by atoms with Gasteiger partial charge in [-0.3, -0.25) is 4.79 Å². The fourth-order valence-corrected chi connectivity index (χ4v) is 2.01. The van der Waals surface area contributed by atoms with E-state index >= 15 is 0 Å². The fourth-order valence-electron chi connectivity index (χ4n) is 2.01. The molecule has 0 spiro atoms. The average molecular weight is 228 g/mol. The Labute approximate surface area is 98.3 Å². The van der Waals surface area contributed by atoms with Gasteiger partial charge in [-0.1, -0.05) is 30.3 Å². The monoisotopic (exact) mass is 228 g/mol. The summed E-state index contributed by atoms with van der Waals surface area (Å²) in [6.07, 6.45) is 0.664. The predicted octanol–water partition coefficient (Wildman–Crippen LogP) is 1.76. The molecule has 0 fully saturated rings. The quantitative estimate of drug-likeness (QED) is 0.809. The fraction of sp³-hybridized carbons (Fsp3) is 0.231. The van der Waals surface area contributed by atoms with Gasteiger partial charge in [0.1, 0.15) is 11.9 Å². The van der Waals surface area contributed by atoms with Crippen molar-refractivity contribution >= 4 is 0 Å². The van der Waals surface area contributed by atoms with Crippen molar-refractivity contribution in [2.24, 2.45) is 0 Å². The zero-order valence-corrected chi connectivity index (χ0v) is 9.43. The minimum absolute atomic E-state index is 0.0321. The number of benzene rings is 1. The summed E-state index contributed by atoms with van der Waals surface area (Å²) in [6, 6.07) is 9.55. The predicted molar refractivity (Wildman–Crippen MR) is 64.1 cm³/mol. The maximum absolute atomic E-state index is 11.9. The van der Waals surface area contributed by atoms with Crippen LogP contribution in [0, 0.1) is 0 Å². The number of hydrogen-bond acceptors (Lipinski definition) is 3. The number of fused-ring (bicyclic) bond motifs is 1. The van der Waals surface area contributed by atoms with Gasteiger partial charge in [-0.15, -0.1) is 0 Å². The van der Waals surface area contributed by atoms with E-state index in [1.165, 1.54) is 0 Å². The maximum Gasteiger partial charge on any atom is 0.258 e. The molecule has 1 N–H and O–H groups in total. The molecule has 0 amide bonds. The molecule has 1 aliphatic heterocycles. The van der Waals surface area contributed by atoms with E-state index in [1.807, 2.05) is 37.3 Å². The number of nitrogens with zero attached hydrogens (tertiary/aromatic N) is 1. The van der Waals surface area contributed by atoms with Gasteiger partial charge in [-0.2, -0.15) is 4.98 Å². The lowest BCUT2D eigenvalue weighted by Gasteiger charge is -2.04. The van der Waals surface area contributed by atoms with Crippen LogP contribution in [0.4, 0.5) is 0 Å². The van der Waals surface area contributed by atoms with Gasteiger partial charge in [0.15, 0.2) is 0 Å². The third-order valence-electron chi connectivity index (χ3n) is 2.83. The minimum Gasteiger partial charge on any atom is -0.474 e. The molecule has 0 aliphatic carbocycles. The second-order valence-electron chi connectivity index (χ2n) is 4.20. The van der Waals surface area contributed by atoms with E-state index in [-0.39, 0.29) is 11.7 Å². The van der Waals surface area contributed by atoms with E-state index in [0.29, 0.717) is 23.7 Å². The van der Waals surface area contributed by atoms with Crippen molar-refractivity contribution in [3.63, 3.8) is 0 Å². The van der Waals surface area contributed by atoms with E-state index in [4.69, 9.17) is 4.74 Å². The summed E-state index contributed by atoms with van der Waals surface area (Å²) < 4.78 is 5.52. The number of aromatic amines is 1. The lowest BCUT2D eigenvalue weighted by atomic mass is 10.2. The average Bonchev–Trinajstić information content (AvgIpc) is 2.71. The van der Waals surface area contributed by atoms with E-state index in [1.54, 1.807) is 0 Å². The summed E-state index contributed by atoms with van der Waals surface area (Å²) >= 11 is 0. The van der Waals surface area contributed by atoms with Crippen LogP contribution in [0.1, 0.15) is 12.5 Å². The zero-order valence-electron chi connectivity index (χ0n) is 9.43. The zero-order chi connectivity index (χ0) is 11.8. The van der Waals surface area contributed by atoms with Crippen molar-refractivity contribution in [1.29, 1.82) is 0 Å². The maximum atomic E-state index is 11.9. The van der Waals surface area contributed by atoms with Crippen LogP contribution in [0.3, 0.4) is 0 Å². The van der Waals surface area contributed by atoms with Crippen LogP contribution in [0.25, 0.3) is 11.4 Å². The second kappa shape index (κ2) is 3.73. The summed E-state index contributed by atoms with van der Waals surface area (Å²) in [6.45, 7) is 1.93. The third kappa shape index (κ3) is 1.71. The number of H-pyrrole nitrogens is 1. The summed E-state index contributed by atoms with van der Waals surface area (Å²) in [5, 5.41) is 0. The van der Waals surface area contributed by atoms with Crippen LogP contribution in [0.2, 0.25) is 0 Å². The van der Waals surface area contributed by atoms with E-state index in [2.05, 4.69) is 9.97 Å². The lowest BCUT2D eigenvalue weighted by Crippen LogP contribution is -2.13. The van der Waals surface area contributed by atoms with Crippen molar-refractivity contribution in [3.05, 3.63) is 46.2 Å². The molecule has 86 valence electrons.